The molecule has 0 amide bonds. The molecule has 0 saturated heterocycles. The van der Waals surface area contributed by atoms with Crippen molar-refractivity contribution in [1.82, 2.24) is 15.0 Å². The largest absolute Gasteiger partial charge is 0.478 e. The van der Waals surface area contributed by atoms with Crippen LogP contribution in [0.3, 0.4) is 0 Å². The zero-order chi connectivity index (χ0) is 13.1. The highest BCUT2D eigenvalue weighted by Crippen LogP contribution is 2.27. The van der Waals surface area contributed by atoms with E-state index in [2.05, 4.69) is 15.0 Å². The van der Waals surface area contributed by atoms with Gasteiger partial charge in [0.25, 0.3) is 0 Å². The first-order valence-electron chi connectivity index (χ1n) is 4.92. The van der Waals surface area contributed by atoms with Crippen molar-refractivity contribution >= 4 is 29.3 Å². The molecule has 0 aliphatic carbocycles. The molecule has 0 bridgehead atoms. The van der Waals surface area contributed by atoms with E-state index in [0.717, 1.165) is 17.3 Å². The number of halogens is 1. The molecule has 7 heteroatoms. The molecule has 0 unspecified atom stereocenters. The summed E-state index contributed by atoms with van der Waals surface area (Å²) in [4.78, 5) is 23.2. The van der Waals surface area contributed by atoms with E-state index in [0.29, 0.717) is 5.16 Å². The van der Waals surface area contributed by atoms with Gasteiger partial charge in [-0.1, -0.05) is 11.6 Å². The highest BCUT2D eigenvalue weighted by atomic mass is 35.5. The van der Waals surface area contributed by atoms with Crippen LogP contribution in [0.25, 0.3) is 0 Å². The number of hydrogen-bond acceptors (Lipinski definition) is 5. The summed E-state index contributed by atoms with van der Waals surface area (Å²) >= 11 is 6.82. The van der Waals surface area contributed by atoms with E-state index in [1.165, 1.54) is 12.1 Å². The standard InChI is InChI=1S/C11H8ClN3O2S/c1-6-4-13-11(14-5-6)18-9-7(10(16)17)2-3-8(12)15-9/h2-5H,1H3,(H,16,17). The Kier molecular flexibility index (Phi) is 3.78. The average molecular weight is 282 g/mol. The minimum Gasteiger partial charge on any atom is -0.478 e. The molecule has 0 saturated carbocycles. The molecule has 2 heterocycles. The van der Waals surface area contributed by atoms with E-state index in [1.54, 1.807) is 12.4 Å². The molecule has 2 aromatic rings. The predicted octanol–water partition coefficient (Wildman–Crippen LogP) is 2.68. The summed E-state index contributed by atoms with van der Waals surface area (Å²) in [7, 11) is 0. The zero-order valence-electron chi connectivity index (χ0n) is 9.29. The number of aromatic nitrogens is 3. The topological polar surface area (TPSA) is 76.0 Å². The Balaban J connectivity index is 2.35. The lowest BCUT2D eigenvalue weighted by molar-refractivity contribution is 0.0692. The second kappa shape index (κ2) is 5.32. The minimum atomic E-state index is -1.06. The third kappa shape index (κ3) is 2.96. The van der Waals surface area contributed by atoms with Crippen LogP contribution in [0.5, 0.6) is 0 Å². The highest BCUT2D eigenvalue weighted by Gasteiger charge is 2.14. The van der Waals surface area contributed by atoms with Gasteiger partial charge in [0.05, 0.1) is 5.56 Å². The molecule has 0 atom stereocenters. The SMILES string of the molecule is Cc1cnc(Sc2nc(Cl)ccc2C(=O)O)nc1. The smallest absolute Gasteiger partial charge is 0.338 e. The molecule has 1 N–H and O–H groups in total. The number of aromatic carboxylic acids is 1. The summed E-state index contributed by atoms with van der Waals surface area (Å²) in [6, 6.07) is 2.85. The van der Waals surface area contributed by atoms with Crippen molar-refractivity contribution in [2.45, 2.75) is 17.1 Å². The summed E-state index contributed by atoms with van der Waals surface area (Å²) in [6.45, 7) is 1.87. The van der Waals surface area contributed by atoms with Crippen LogP contribution in [0, 0.1) is 6.92 Å². The van der Waals surface area contributed by atoms with Crippen LogP contribution in [0.2, 0.25) is 5.15 Å². The molecule has 92 valence electrons. The Labute approximate surface area is 112 Å². The summed E-state index contributed by atoms with van der Waals surface area (Å²) in [5.74, 6) is -1.06. The van der Waals surface area contributed by atoms with Crippen molar-refractivity contribution in [1.29, 1.82) is 0 Å². The van der Waals surface area contributed by atoms with Gasteiger partial charge in [-0.3, -0.25) is 0 Å². The van der Waals surface area contributed by atoms with Crippen LogP contribution in [-0.4, -0.2) is 26.0 Å². The number of carboxylic acids is 1. The zero-order valence-corrected chi connectivity index (χ0v) is 10.9. The van der Waals surface area contributed by atoms with E-state index >= 15 is 0 Å². The van der Waals surface area contributed by atoms with Crippen molar-refractivity contribution in [3.8, 4) is 0 Å². The first-order chi connectivity index (χ1) is 8.56. The first-order valence-corrected chi connectivity index (χ1v) is 6.12. The van der Waals surface area contributed by atoms with Gasteiger partial charge in [0.15, 0.2) is 5.16 Å². The van der Waals surface area contributed by atoms with E-state index in [-0.39, 0.29) is 15.7 Å². The molecular formula is C11H8ClN3O2S. The summed E-state index contributed by atoms with van der Waals surface area (Å²) in [5, 5.41) is 9.98. The normalized spacial score (nSPS) is 10.3. The molecule has 18 heavy (non-hydrogen) atoms. The number of pyridine rings is 1. The molecule has 0 fully saturated rings. The minimum absolute atomic E-state index is 0.0774. The molecule has 0 aliphatic heterocycles. The Hall–Kier alpha value is -1.66. The average Bonchev–Trinajstić information content (AvgIpc) is 2.32. The summed E-state index contributed by atoms with van der Waals surface area (Å²) < 4.78 is 0. The second-order valence-electron chi connectivity index (χ2n) is 3.44. The summed E-state index contributed by atoms with van der Waals surface area (Å²) in [6.07, 6.45) is 3.31. The van der Waals surface area contributed by atoms with E-state index in [1.807, 2.05) is 6.92 Å². The van der Waals surface area contributed by atoms with Gasteiger partial charge in [0.2, 0.25) is 0 Å². The third-order valence-electron chi connectivity index (χ3n) is 2.00. The van der Waals surface area contributed by atoms with Crippen LogP contribution in [0.4, 0.5) is 0 Å². The number of hydrogen-bond donors (Lipinski definition) is 1. The van der Waals surface area contributed by atoms with Crippen LogP contribution >= 0.6 is 23.4 Å². The monoisotopic (exact) mass is 281 g/mol. The van der Waals surface area contributed by atoms with Crippen molar-refractivity contribution in [3.05, 3.63) is 40.8 Å². The van der Waals surface area contributed by atoms with Gasteiger partial charge < -0.3 is 5.11 Å². The van der Waals surface area contributed by atoms with E-state index in [4.69, 9.17) is 16.7 Å². The van der Waals surface area contributed by atoms with Crippen LogP contribution in [0.1, 0.15) is 15.9 Å². The Morgan fingerprint density at radius 1 is 1.33 bits per heavy atom. The van der Waals surface area contributed by atoms with Crippen LogP contribution in [0.15, 0.2) is 34.7 Å². The molecule has 2 aromatic heterocycles. The van der Waals surface area contributed by atoms with Gasteiger partial charge in [-0.15, -0.1) is 0 Å². The third-order valence-corrected chi connectivity index (χ3v) is 3.11. The fourth-order valence-electron chi connectivity index (χ4n) is 1.18. The summed E-state index contributed by atoms with van der Waals surface area (Å²) in [5.41, 5.74) is 1.01. The lowest BCUT2D eigenvalue weighted by Crippen LogP contribution is -2.01. The predicted molar refractivity (Wildman–Crippen MR) is 67.1 cm³/mol. The molecule has 0 aliphatic rings. The van der Waals surface area contributed by atoms with Gasteiger partial charge in [0, 0.05) is 12.4 Å². The van der Waals surface area contributed by atoms with Gasteiger partial charge in [-0.05, 0) is 36.4 Å². The second-order valence-corrected chi connectivity index (χ2v) is 4.78. The highest BCUT2D eigenvalue weighted by molar-refractivity contribution is 7.99. The van der Waals surface area contributed by atoms with E-state index < -0.39 is 5.97 Å². The quantitative estimate of drug-likeness (QED) is 0.688. The number of nitrogens with zero attached hydrogens (tertiary/aromatic N) is 3. The lowest BCUT2D eigenvalue weighted by Gasteiger charge is -2.04. The fourth-order valence-corrected chi connectivity index (χ4v) is 2.17. The molecule has 5 nitrogen and oxygen atoms in total. The van der Waals surface area contributed by atoms with Crippen molar-refractivity contribution in [2.75, 3.05) is 0 Å². The van der Waals surface area contributed by atoms with Crippen molar-refractivity contribution in [3.63, 3.8) is 0 Å². The maximum atomic E-state index is 11.0. The van der Waals surface area contributed by atoms with Crippen LogP contribution in [-0.2, 0) is 0 Å². The fraction of sp³-hybridized carbons (Fsp3) is 0.0909. The Morgan fingerprint density at radius 2 is 2.00 bits per heavy atom. The van der Waals surface area contributed by atoms with E-state index in [9.17, 15) is 4.79 Å². The molecule has 0 spiro atoms. The molecule has 0 radical (unpaired) electrons. The number of rotatable bonds is 3. The van der Waals surface area contributed by atoms with Gasteiger partial charge in [-0.25, -0.2) is 19.7 Å². The maximum absolute atomic E-state index is 11.0. The molecule has 0 aromatic carbocycles. The molecule has 2 rings (SSSR count). The Morgan fingerprint density at radius 3 is 2.61 bits per heavy atom. The number of aryl methyl sites for hydroxylation is 1. The maximum Gasteiger partial charge on any atom is 0.338 e. The van der Waals surface area contributed by atoms with Gasteiger partial charge in [-0.2, -0.15) is 0 Å². The van der Waals surface area contributed by atoms with Crippen LogP contribution < -0.4 is 0 Å². The first kappa shape index (κ1) is 12.8. The Bertz CT molecular complexity index is 589. The number of carbonyl (C=O) groups is 1. The number of carboxylic acid groups (broad SMARTS) is 1. The molecular weight excluding hydrogens is 274 g/mol. The van der Waals surface area contributed by atoms with Gasteiger partial charge >= 0.3 is 5.97 Å². The van der Waals surface area contributed by atoms with Gasteiger partial charge in [0.1, 0.15) is 10.2 Å². The van der Waals surface area contributed by atoms with Crippen molar-refractivity contribution < 1.29 is 9.90 Å². The lowest BCUT2D eigenvalue weighted by atomic mass is 10.3. The van der Waals surface area contributed by atoms with Crippen molar-refractivity contribution in [2.24, 2.45) is 0 Å².